The van der Waals surface area contributed by atoms with E-state index in [4.69, 9.17) is 14.6 Å². The highest BCUT2D eigenvalue weighted by atomic mass is 79.9. The minimum absolute atomic E-state index is 0.190. The number of aliphatic carboxylic acids is 1. The number of carboxylic acid groups (broad SMARTS) is 1. The van der Waals surface area contributed by atoms with Crippen molar-refractivity contribution in [2.45, 2.75) is 20.0 Å². The highest BCUT2D eigenvalue weighted by Crippen LogP contribution is 2.23. The van der Waals surface area contributed by atoms with Crippen molar-refractivity contribution in [3.05, 3.63) is 34.3 Å². The lowest BCUT2D eigenvalue weighted by atomic mass is 10.2. The molecular weight excluding hydrogens is 328 g/mol. The van der Waals surface area contributed by atoms with Gasteiger partial charge in [0.1, 0.15) is 5.75 Å². The molecular formula is C14H15BrO5. The molecule has 0 amide bonds. The molecule has 0 aliphatic rings. The number of ether oxygens (including phenoxy) is 2. The molecule has 1 aromatic rings. The Bertz CT molecular complexity index is 522. The maximum absolute atomic E-state index is 11.3. The lowest BCUT2D eigenvalue weighted by Gasteiger charge is -2.10. The maximum atomic E-state index is 11.3. The van der Waals surface area contributed by atoms with E-state index in [2.05, 4.69) is 15.9 Å². The van der Waals surface area contributed by atoms with Crippen molar-refractivity contribution < 1.29 is 24.2 Å². The average molecular weight is 343 g/mol. The van der Waals surface area contributed by atoms with E-state index in [0.29, 0.717) is 11.3 Å². The standard InChI is InChI=1S/C14H15BrO5/c1-9(2)20-14(18)8-19-11-4-5-12(15)10(7-11)3-6-13(16)17/h3-7,9H,8H2,1-2H3,(H,16,17)/b6-3+. The summed E-state index contributed by atoms with van der Waals surface area (Å²) >= 11 is 3.30. The summed E-state index contributed by atoms with van der Waals surface area (Å²) in [6, 6.07) is 5.02. The van der Waals surface area contributed by atoms with Gasteiger partial charge in [0.2, 0.25) is 0 Å². The summed E-state index contributed by atoms with van der Waals surface area (Å²) in [4.78, 5) is 21.8. The molecule has 0 aromatic heterocycles. The van der Waals surface area contributed by atoms with Crippen molar-refractivity contribution >= 4 is 33.9 Å². The van der Waals surface area contributed by atoms with Crippen LogP contribution in [0.2, 0.25) is 0 Å². The first-order valence-electron chi connectivity index (χ1n) is 5.91. The van der Waals surface area contributed by atoms with E-state index in [1.165, 1.54) is 6.08 Å². The van der Waals surface area contributed by atoms with Crippen molar-refractivity contribution in [1.29, 1.82) is 0 Å². The third kappa shape index (κ3) is 5.88. The number of hydrogen-bond acceptors (Lipinski definition) is 4. The molecule has 0 radical (unpaired) electrons. The Labute approximate surface area is 125 Å². The molecule has 0 aliphatic carbocycles. The largest absolute Gasteiger partial charge is 0.482 e. The molecule has 1 N–H and O–H groups in total. The van der Waals surface area contributed by atoms with Gasteiger partial charge in [0, 0.05) is 10.5 Å². The Balaban J connectivity index is 2.70. The second-order valence-corrected chi connectivity index (χ2v) is 5.04. The van der Waals surface area contributed by atoms with E-state index in [0.717, 1.165) is 10.5 Å². The number of rotatable bonds is 6. The van der Waals surface area contributed by atoms with E-state index >= 15 is 0 Å². The SMILES string of the molecule is CC(C)OC(=O)COc1ccc(Br)c(/C=C/C(=O)O)c1. The highest BCUT2D eigenvalue weighted by Gasteiger charge is 2.07. The van der Waals surface area contributed by atoms with E-state index in [1.807, 2.05) is 0 Å². The lowest BCUT2D eigenvalue weighted by molar-refractivity contribution is -0.149. The van der Waals surface area contributed by atoms with Crippen LogP contribution in [0.4, 0.5) is 0 Å². The maximum Gasteiger partial charge on any atom is 0.344 e. The van der Waals surface area contributed by atoms with Crippen LogP contribution in [0.25, 0.3) is 6.08 Å². The molecule has 0 saturated heterocycles. The predicted molar refractivity (Wildman–Crippen MR) is 77.5 cm³/mol. The molecule has 6 heteroatoms. The van der Waals surface area contributed by atoms with Crippen molar-refractivity contribution in [1.82, 2.24) is 0 Å². The molecule has 0 unspecified atom stereocenters. The van der Waals surface area contributed by atoms with Gasteiger partial charge in [-0.3, -0.25) is 0 Å². The van der Waals surface area contributed by atoms with Crippen LogP contribution in [0.5, 0.6) is 5.75 Å². The van der Waals surface area contributed by atoms with Gasteiger partial charge in [-0.15, -0.1) is 0 Å². The van der Waals surface area contributed by atoms with Crippen molar-refractivity contribution in [3.63, 3.8) is 0 Å². The Morgan fingerprint density at radius 3 is 2.70 bits per heavy atom. The number of benzene rings is 1. The molecule has 0 spiro atoms. The molecule has 108 valence electrons. The monoisotopic (exact) mass is 342 g/mol. The second-order valence-electron chi connectivity index (χ2n) is 4.18. The van der Waals surface area contributed by atoms with Crippen LogP contribution in [0.15, 0.2) is 28.7 Å². The van der Waals surface area contributed by atoms with E-state index in [1.54, 1.807) is 32.0 Å². The quantitative estimate of drug-likeness (QED) is 0.635. The van der Waals surface area contributed by atoms with E-state index in [9.17, 15) is 9.59 Å². The summed E-state index contributed by atoms with van der Waals surface area (Å²) in [5, 5.41) is 8.60. The first-order chi connectivity index (χ1) is 9.38. The van der Waals surface area contributed by atoms with E-state index in [-0.39, 0.29) is 12.7 Å². The molecule has 1 aromatic carbocycles. The fourth-order valence-corrected chi connectivity index (χ4v) is 1.72. The molecule has 0 bridgehead atoms. The van der Waals surface area contributed by atoms with Gasteiger partial charge in [-0.05, 0) is 43.7 Å². The molecule has 0 fully saturated rings. The van der Waals surface area contributed by atoms with Crippen molar-refractivity contribution in [2.24, 2.45) is 0 Å². The molecule has 5 nitrogen and oxygen atoms in total. The van der Waals surface area contributed by atoms with Crippen molar-refractivity contribution in [3.8, 4) is 5.75 Å². The topological polar surface area (TPSA) is 72.8 Å². The zero-order valence-electron chi connectivity index (χ0n) is 11.1. The Morgan fingerprint density at radius 2 is 2.10 bits per heavy atom. The lowest BCUT2D eigenvalue weighted by Crippen LogP contribution is -2.18. The van der Waals surface area contributed by atoms with Gasteiger partial charge < -0.3 is 14.6 Å². The fraction of sp³-hybridized carbons (Fsp3) is 0.286. The van der Waals surface area contributed by atoms with Gasteiger partial charge in [-0.25, -0.2) is 9.59 Å². The molecule has 0 atom stereocenters. The summed E-state index contributed by atoms with van der Waals surface area (Å²) in [7, 11) is 0. The van der Waals surface area contributed by atoms with Crippen molar-refractivity contribution in [2.75, 3.05) is 6.61 Å². The molecule has 0 heterocycles. The second kappa shape index (κ2) is 7.69. The highest BCUT2D eigenvalue weighted by molar-refractivity contribution is 9.10. The van der Waals surface area contributed by atoms with Crippen LogP contribution in [0.1, 0.15) is 19.4 Å². The summed E-state index contributed by atoms with van der Waals surface area (Å²) < 4.78 is 11.0. The number of carboxylic acids is 1. The third-order valence-corrected chi connectivity index (χ3v) is 2.82. The first-order valence-corrected chi connectivity index (χ1v) is 6.70. The van der Waals surface area contributed by atoms with Gasteiger partial charge in [0.25, 0.3) is 0 Å². The van der Waals surface area contributed by atoms with Gasteiger partial charge in [-0.2, -0.15) is 0 Å². The summed E-state index contributed by atoms with van der Waals surface area (Å²) in [6.45, 7) is 3.32. The molecule has 0 saturated carbocycles. The summed E-state index contributed by atoms with van der Waals surface area (Å²) in [6.07, 6.45) is 2.27. The predicted octanol–water partition coefficient (Wildman–Crippen LogP) is 2.88. The third-order valence-electron chi connectivity index (χ3n) is 2.10. The van der Waals surface area contributed by atoms with Gasteiger partial charge in [0.05, 0.1) is 6.10 Å². The molecule has 1 rings (SSSR count). The molecule has 20 heavy (non-hydrogen) atoms. The summed E-state index contributed by atoms with van der Waals surface area (Å²) in [5.41, 5.74) is 0.641. The van der Waals surface area contributed by atoms with Gasteiger partial charge in [-0.1, -0.05) is 15.9 Å². The van der Waals surface area contributed by atoms with Crippen LogP contribution in [0, 0.1) is 0 Å². The zero-order valence-corrected chi connectivity index (χ0v) is 12.7. The van der Waals surface area contributed by atoms with Crippen LogP contribution in [0.3, 0.4) is 0 Å². The Hall–Kier alpha value is -1.82. The number of esters is 1. The van der Waals surface area contributed by atoms with Gasteiger partial charge >= 0.3 is 11.9 Å². The van der Waals surface area contributed by atoms with Crippen LogP contribution >= 0.6 is 15.9 Å². The number of carbonyl (C=O) groups is 2. The van der Waals surface area contributed by atoms with Crippen LogP contribution in [-0.2, 0) is 14.3 Å². The minimum atomic E-state index is -1.04. The Morgan fingerprint density at radius 1 is 1.40 bits per heavy atom. The number of carbonyl (C=O) groups excluding carboxylic acids is 1. The fourth-order valence-electron chi connectivity index (χ4n) is 1.34. The smallest absolute Gasteiger partial charge is 0.344 e. The Kier molecular flexibility index (Phi) is 6.24. The van der Waals surface area contributed by atoms with Gasteiger partial charge in [0.15, 0.2) is 6.61 Å². The van der Waals surface area contributed by atoms with Crippen LogP contribution < -0.4 is 4.74 Å². The average Bonchev–Trinajstić information content (AvgIpc) is 2.35. The number of halogens is 1. The first kappa shape index (κ1) is 16.2. The van der Waals surface area contributed by atoms with E-state index < -0.39 is 11.9 Å². The minimum Gasteiger partial charge on any atom is -0.482 e. The summed E-state index contributed by atoms with van der Waals surface area (Å²) in [5.74, 6) is -1.03. The zero-order chi connectivity index (χ0) is 15.1. The normalized spacial score (nSPS) is 10.8. The molecule has 0 aliphatic heterocycles. The van der Waals surface area contributed by atoms with Crippen LogP contribution in [-0.4, -0.2) is 29.8 Å². The number of hydrogen-bond donors (Lipinski definition) is 1.